The van der Waals surface area contributed by atoms with Gasteiger partial charge in [-0.3, -0.25) is 0 Å². The molecule has 1 rings (SSSR count). The first kappa shape index (κ1) is 8.52. The maximum absolute atomic E-state index is 12.8. The Morgan fingerprint density at radius 3 is 2.75 bits per heavy atom. The topological polar surface area (TPSA) is 49.4 Å². The Labute approximate surface area is 68.4 Å². The Bertz CT molecular complexity index is 309. The second kappa shape index (κ2) is 3.21. The van der Waals surface area contributed by atoms with Gasteiger partial charge in [0.15, 0.2) is 0 Å². The van der Waals surface area contributed by atoms with Gasteiger partial charge in [0.2, 0.25) is 0 Å². The number of esters is 1. The van der Waals surface area contributed by atoms with Crippen molar-refractivity contribution in [2.45, 2.75) is 0 Å². The highest BCUT2D eigenvalue weighted by Gasteiger charge is 2.09. The quantitative estimate of drug-likeness (QED) is 0.581. The molecular formula is C8H6FO3-. The molecule has 0 amide bonds. The van der Waals surface area contributed by atoms with Crippen LogP contribution in [0.15, 0.2) is 18.2 Å². The Morgan fingerprint density at radius 1 is 1.58 bits per heavy atom. The summed E-state index contributed by atoms with van der Waals surface area (Å²) in [5.74, 6) is -2.11. The Morgan fingerprint density at radius 2 is 2.25 bits per heavy atom. The molecule has 3 nitrogen and oxygen atoms in total. The van der Waals surface area contributed by atoms with Gasteiger partial charge in [-0.15, -0.1) is 5.75 Å². The van der Waals surface area contributed by atoms with Gasteiger partial charge in [0.1, 0.15) is 5.82 Å². The van der Waals surface area contributed by atoms with E-state index in [0.717, 1.165) is 25.3 Å². The molecule has 0 aromatic heterocycles. The number of ether oxygens (including phenoxy) is 1. The molecule has 0 saturated carbocycles. The van der Waals surface area contributed by atoms with Crippen LogP contribution < -0.4 is 5.11 Å². The molecule has 64 valence electrons. The van der Waals surface area contributed by atoms with Gasteiger partial charge >= 0.3 is 5.97 Å². The minimum atomic E-state index is -0.852. The Balaban J connectivity index is 3.09. The second-order valence-electron chi connectivity index (χ2n) is 2.13. The number of hydrogen-bond donors (Lipinski definition) is 0. The van der Waals surface area contributed by atoms with Crippen molar-refractivity contribution in [3.63, 3.8) is 0 Å². The summed E-state index contributed by atoms with van der Waals surface area (Å²) >= 11 is 0. The van der Waals surface area contributed by atoms with E-state index in [1.54, 1.807) is 0 Å². The molecule has 0 atom stereocenters. The van der Waals surface area contributed by atoms with Crippen LogP contribution in [0, 0.1) is 5.82 Å². The zero-order valence-corrected chi connectivity index (χ0v) is 6.33. The van der Waals surface area contributed by atoms with Crippen LogP contribution in [-0.2, 0) is 4.74 Å². The first-order valence-electron chi connectivity index (χ1n) is 3.20. The van der Waals surface area contributed by atoms with Crippen LogP contribution in [0.2, 0.25) is 0 Å². The summed E-state index contributed by atoms with van der Waals surface area (Å²) in [5, 5.41) is 10.6. The van der Waals surface area contributed by atoms with Crippen LogP contribution in [0.1, 0.15) is 10.4 Å². The third-order valence-electron chi connectivity index (χ3n) is 1.35. The third kappa shape index (κ3) is 1.53. The van der Waals surface area contributed by atoms with E-state index in [-0.39, 0.29) is 5.56 Å². The van der Waals surface area contributed by atoms with Crippen LogP contribution in [0.25, 0.3) is 0 Å². The van der Waals surface area contributed by atoms with E-state index in [2.05, 4.69) is 4.74 Å². The van der Waals surface area contributed by atoms with Gasteiger partial charge in [-0.25, -0.2) is 9.18 Å². The van der Waals surface area contributed by atoms with E-state index in [0.29, 0.717) is 0 Å². The maximum atomic E-state index is 12.8. The fourth-order valence-corrected chi connectivity index (χ4v) is 0.771. The maximum Gasteiger partial charge on any atom is 0.340 e. The van der Waals surface area contributed by atoms with Gasteiger partial charge in [0.05, 0.1) is 12.7 Å². The summed E-state index contributed by atoms with van der Waals surface area (Å²) in [6.45, 7) is 0. The molecule has 0 bridgehead atoms. The number of hydrogen-bond acceptors (Lipinski definition) is 3. The summed E-state index contributed by atoms with van der Waals surface area (Å²) in [6, 6.07) is 2.95. The zero-order valence-electron chi connectivity index (χ0n) is 6.33. The highest BCUT2D eigenvalue weighted by atomic mass is 19.1. The lowest BCUT2D eigenvalue weighted by Crippen LogP contribution is -2.04. The van der Waals surface area contributed by atoms with Gasteiger partial charge in [0.25, 0.3) is 0 Å². The number of benzene rings is 1. The molecule has 0 heterocycles. The number of methoxy groups -OCH3 is 1. The van der Waals surface area contributed by atoms with Crippen LogP contribution in [-0.4, -0.2) is 13.1 Å². The fourth-order valence-electron chi connectivity index (χ4n) is 0.771. The first-order chi connectivity index (χ1) is 5.65. The van der Waals surface area contributed by atoms with Crippen molar-refractivity contribution in [2.75, 3.05) is 7.11 Å². The average Bonchev–Trinajstić information content (AvgIpc) is 2.03. The minimum absolute atomic E-state index is 0.225. The molecule has 0 fully saturated rings. The van der Waals surface area contributed by atoms with Crippen LogP contribution in [0.3, 0.4) is 0 Å². The van der Waals surface area contributed by atoms with Crippen molar-refractivity contribution < 1.29 is 19.0 Å². The summed E-state index contributed by atoms with van der Waals surface area (Å²) < 4.78 is 17.1. The SMILES string of the molecule is COC(=O)c1ccc([O-])cc1F. The number of carbonyl (C=O) groups is 1. The van der Waals surface area contributed by atoms with Gasteiger partial charge in [0, 0.05) is 0 Å². The van der Waals surface area contributed by atoms with Gasteiger partial charge < -0.3 is 9.84 Å². The summed E-state index contributed by atoms with van der Waals surface area (Å²) in [7, 11) is 1.15. The molecule has 1 aromatic rings. The van der Waals surface area contributed by atoms with E-state index < -0.39 is 17.5 Å². The molecule has 0 aliphatic rings. The van der Waals surface area contributed by atoms with E-state index in [4.69, 9.17) is 0 Å². The monoisotopic (exact) mass is 169 g/mol. The van der Waals surface area contributed by atoms with Crippen molar-refractivity contribution in [1.29, 1.82) is 0 Å². The van der Waals surface area contributed by atoms with Gasteiger partial charge in [-0.1, -0.05) is 6.07 Å². The number of halogens is 1. The lowest BCUT2D eigenvalue weighted by atomic mass is 10.2. The van der Waals surface area contributed by atoms with Crippen LogP contribution in [0.5, 0.6) is 5.75 Å². The second-order valence-corrected chi connectivity index (χ2v) is 2.13. The third-order valence-corrected chi connectivity index (χ3v) is 1.35. The summed E-state index contributed by atoms with van der Waals surface area (Å²) in [5.41, 5.74) is -0.225. The molecule has 12 heavy (non-hydrogen) atoms. The lowest BCUT2D eigenvalue weighted by Gasteiger charge is -2.06. The standard InChI is InChI=1S/C8H7FO3/c1-12-8(11)6-3-2-5(10)4-7(6)9/h2-4,10H,1H3/p-1. The largest absolute Gasteiger partial charge is 0.872 e. The highest BCUT2D eigenvalue weighted by molar-refractivity contribution is 5.89. The molecule has 1 aromatic carbocycles. The molecule has 4 heteroatoms. The Hall–Kier alpha value is -1.58. The highest BCUT2D eigenvalue weighted by Crippen LogP contribution is 2.13. The summed E-state index contributed by atoms with van der Waals surface area (Å²) in [4.78, 5) is 10.8. The molecule has 0 aliphatic heterocycles. The molecule has 0 radical (unpaired) electrons. The van der Waals surface area contributed by atoms with Gasteiger partial charge in [-0.05, 0) is 12.1 Å². The molecule has 0 unspecified atom stereocenters. The average molecular weight is 169 g/mol. The van der Waals surface area contributed by atoms with Crippen molar-refractivity contribution in [3.8, 4) is 5.75 Å². The lowest BCUT2D eigenvalue weighted by molar-refractivity contribution is -0.268. The fraction of sp³-hybridized carbons (Fsp3) is 0.125. The van der Waals surface area contributed by atoms with Crippen molar-refractivity contribution in [3.05, 3.63) is 29.6 Å². The van der Waals surface area contributed by atoms with Crippen molar-refractivity contribution in [2.24, 2.45) is 0 Å². The van der Waals surface area contributed by atoms with Crippen LogP contribution >= 0.6 is 0 Å². The van der Waals surface area contributed by atoms with E-state index in [1.165, 1.54) is 0 Å². The molecule has 0 aliphatic carbocycles. The van der Waals surface area contributed by atoms with Crippen molar-refractivity contribution in [1.82, 2.24) is 0 Å². The predicted molar refractivity (Wildman–Crippen MR) is 37.2 cm³/mol. The van der Waals surface area contributed by atoms with E-state index in [9.17, 15) is 14.3 Å². The normalized spacial score (nSPS) is 9.50. The van der Waals surface area contributed by atoms with E-state index >= 15 is 0 Å². The molecule has 0 saturated heterocycles. The minimum Gasteiger partial charge on any atom is -0.872 e. The Kier molecular flexibility index (Phi) is 2.28. The van der Waals surface area contributed by atoms with E-state index in [1.807, 2.05) is 0 Å². The predicted octanol–water partition coefficient (Wildman–Crippen LogP) is 0.686. The smallest absolute Gasteiger partial charge is 0.340 e. The van der Waals surface area contributed by atoms with Gasteiger partial charge in [-0.2, -0.15) is 0 Å². The molecule has 0 N–H and O–H groups in total. The number of rotatable bonds is 1. The molecular weight excluding hydrogens is 163 g/mol. The van der Waals surface area contributed by atoms with Crippen molar-refractivity contribution >= 4 is 5.97 Å². The summed E-state index contributed by atoms with van der Waals surface area (Å²) in [6.07, 6.45) is 0. The first-order valence-corrected chi connectivity index (χ1v) is 3.20. The number of carbonyl (C=O) groups excluding carboxylic acids is 1. The molecule has 0 spiro atoms. The van der Waals surface area contributed by atoms with Crippen LogP contribution in [0.4, 0.5) is 4.39 Å². The zero-order chi connectivity index (χ0) is 9.14.